The van der Waals surface area contributed by atoms with Gasteiger partial charge in [0.05, 0.1) is 26.9 Å². The van der Waals surface area contributed by atoms with Crippen molar-refractivity contribution in [3.8, 4) is 0 Å². The van der Waals surface area contributed by atoms with Crippen molar-refractivity contribution in [1.29, 1.82) is 0 Å². The minimum atomic E-state index is -1.04. The van der Waals surface area contributed by atoms with Crippen molar-refractivity contribution in [3.63, 3.8) is 0 Å². The second-order valence-electron chi connectivity index (χ2n) is 10.7. The summed E-state index contributed by atoms with van der Waals surface area (Å²) in [7, 11) is 3.23. The summed E-state index contributed by atoms with van der Waals surface area (Å²) in [5, 5.41) is 13.0. The molecule has 1 aliphatic rings. The minimum absolute atomic E-state index is 0.0110. The maximum Gasteiger partial charge on any atom is 0.312 e. The molecule has 0 saturated heterocycles. The third kappa shape index (κ3) is 8.69. The van der Waals surface area contributed by atoms with E-state index in [1.165, 1.54) is 4.90 Å². The number of hydrogen-bond acceptors (Lipinski definition) is 5. The number of anilines is 1. The molecule has 41 heavy (non-hydrogen) atoms. The number of esters is 1. The van der Waals surface area contributed by atoms with Gasteiger partial charge in [0.2, 0.25) is 5.91 Å². The second-order valence-corrected chi connectivity index (χ2v) is 11.5. The molecule has 1 unspecified atom stereocenters. The molecule has 0 heterocycles. The molecule has 1 saturated carbocycles. The molecule has 0 bridgehead atoms. The van der Waals surface area contributed by atoms with E-state index in [9.17, 15) is 24.3 Å². The highest BCUT2D eigenvalue weighted by Gasteiger charge is 2.42. The summed E-state index contributed by atoms with van der Waals surface area (Å²) in [6.07, 6.45) is 7.14. The number of carboxylic acids is 1. The van der Waals surface area contributed by atoms with Crippen LogP contribution in [-0.2, 0) is 25.5 Å². The Kier molecular flexibility index (Phi) is 12.0. The normalized spacial score (nSPS) is 14.7. The molecule has 10 heteroatoms. The number of benzene rings is 2. The highest BCUT2D eigenvalue weighted by atomic mass is 35.5. The quantitative estimate of drug-likeness (QED) is 0.193. The lowest BCUT2D eigenvalue weighted by Crippen LogP contribution is -2.33. The number of carbonyl (C=O) groups is 4. The zero-order valence-corrected chi connectivity index (χ0v) is 25.1. The van der Waals surface area contributed by atoms with E-state index < -0.39 is 17.3 Å². The van der Waals surface area contributed by atoms with Gasteiger partial charge in [-0.15, -0.1) is 0 Å². The largest absolute Gasteiger partial charge is 0.481 e. The molecule has 1 fully saturated rings. The number of aliphatic carboxylic acids is 1. The molecular weight excluding hydrogens is 567 g/mol. The molecule has 0 aliphatic heterocycles. The molecule has 0 radical (unpaired) electrons. The maximum atomic E-state index is 13.2. The van der Waals surface area contributed by atoms with Crippen LogP contribution in [0.4, 0.5) is 5.69 Å². The van der Waals surface area contributed by atoms with Crippen LogP contribution in [0.3, 0.4) is 0 Å². The van der Waals surface area contributed by atoms with Gasteiger partial charge >= 0.3 is 11.9 Å². The maximum absolute atomic E-state index is 13.2. The summed E-state index contributed by atoms with van der Waals surface area (Å²) >= 11 is 12.4. The predicted octanol–water partition coefficient (Wildman–Crippen LogP) is 6.31. The number of halogens is 2. The Balaban J connectivity index is 1.57. The van der Waals surface area contributed by atoms with Gasteiger partial charge in [0.15, 0.2) is 0 Å². The van der Waals surface area contributed by atoms with Crippen molar-refractivity contribution in [2.24, 2.45) is 11.3 Å². The molecule has 2 aromatic carbocycles. The Labute approximate surface area is 251 Å². The lowest BCUT2D eigenvalue weighted by atomic mass is 9.81. The van der Waals surface area contributed by atoms with E-state index in [-0.39, 0.29) is 46.4 Å². The summed E-state index contributed by atoms with van der Waals surface area (Å²) in [4.78, 5) is 51.0. The van der Waals surface area contributed by atoms with Gasteiger partial charge in [0, 0.05) is 26.2 Å². The lowest BCUT2D eigenvalue weighted by molar-refractivity contribution is -0.160. The van der Waals surface area contributed by atoms with Gasteiger partial charge in [0.1, 0.15) is 6.61 Å². The Bertz CT molecular complexity index is 1210. The highest BCUT2D eigenvalue weighted by molar-refractivity contribution is 6.40. The lowest BCUT2D eigenvalue weighted by Gasteiger charge is -2.27. The van der Waals surface area contributed by atoms with E-state index >= 15 is 0 Å². The van der Waals surface area contributed by atoms with Gasteiger partial charge in [-0.25, -0.2) is 0 Å². The molecule has 3 rings (SSSR count). The molecule has 1 atom stereocenters. The van der Waals surface area contributed by atoms with Crippen LogP contribution in [0, 0.1) is 11.3 Å². The molecule has 2 amide bonds. The van der Waals surface area contributed by atoms with Gasteiger partial charge in [-0.05, 0) is 61.9 Å². The summed E-state index contributed by atoms with van der Waals surface area (Å²) in [6.45, 7) is -0.211. The average molecular weight is 606 g/mol. The van der Waals surface area contributed by atoms with Crippen LogP contribution in [0.15, 0.2) is 42.5 Å². The van der Waals surface area contributed by atoms with Crippen LogP contribution >= 0.6 is 23.2 Å². The number of amides is 2. The third-order valence-electron chi connectivity index (χ3n) is 7.88. The van der Waals surface area contributed by atoms with Crippen LogP contribution in [0.1, 0.15) is 73.7 Å². The fourth-order valence-electron chi connectivity index (χ4n) is 5.33. The molecule has 0 aromatic heterocycles. The van der Waals surface area contributed by atoms with E-state index in [2.05, 4.69) is 5.32 Å². The summed E-state index contributed by atoms with van der Waals surface area (Å²) in [5.41, 5.74) is 0.963. The van der Waals surface area contributed by atoms with Gasteiger partial charge in [0.25, 0.3) is 5.91 Å². The standard InChI is InChI=1S/C31H38Cl2N2O6/c1-34-26(36)11-4-3-5-16-31(17-6-7-18-31)30(40)41-20-22(29(38)39)19-21-12-14-23(15-13-21)35(2)28(37)27-24(32)9-8-10-25(27)33/h8-10,12-15,22H,3-7,11,16-20H2,1-2H3,(H,34,36)(H,38,39). The molecule has 8 nitrogen and oxygen atoms in total. The molecule has 1 aliphatic carbocycles. The summed E-state index contributed by atoms with van der Waals surface area (Å²) in [5.74, 6) is -2.62. The van der Waals surface area contributed by atoms with Crippen molar-refractivity contribution < 1.29 is 29.0 Å². The number of carbonyl (C=O) groups excluding carboxylic acids is 3. The summed E-state index contributed by atoms with van der Waals surface area (Å²) < 4.78 is 5.64. The van der Waals surface area contributed by atoms with Gasteiger partial charge in [-0.1, -0.05) is 67.1 Å². The first-order chi connectivity index (χ1) is 19.6. The SMILES string of the molecule is CNC(=O)CCCCCC1(C(=O)OCC(Cc2ccc(N(C)C(=O)c3c(Cl)cccc3Cl)cc2)C(=O)O)CCCC1. The van der Waals surface area contributed by atoms with Crippen molar-refractivity contribution >= 4 is 52.6 Å². The third-order valence-corrected chi connectivity index (χ3v) is 8.51. The highest BCUT2D eigenvalue weighted by Crippen LogP contribution is 2.43. The predicted molar refractivity (Wildman–Crippen MR) is 159 cm³/mol. The molecule has 2 aromatic rings. The Morgan fingerprint density at radius 1 is 1.00 bits per heavy atom. The number of nitrogens with one attached hydrogen (secondary N) is 1. The van der Waals surface area contributed by atoms with Crippen molar-refractivity contribution in [2.45, 2.75) is 64.2 Å². The molecule has 0 spiro atoms. The van der Waals surface area contributed by atoms with Gasteiger partial charge in [-0.3, -0.25) is 19.2 Å². The minimum Gasteiger partial charge on any atom is -0.481 e. The second kappa shape index (κ2) is 15.2. The first-order valence-corrected chi connectivity index (χ1v) is 14.7. The fourth-order valence-corrected chi connectivity index (χ4v) is 5.89. The van der Waals surface area contributed by atoms with Crippen molar-refractivity contribution in [2.75, 3.05) is 25.6 Å². The monoisotopic (exact) mass is 604 g/mol. The molecule has 2 N–H and O–H groups in total. The average Bonchev–Trinajstić information content (AvgIpc) is 3.44. The number of ether oxygens (including phenoxy) is 1. The van der Waals surface area contributed by atoms with E-state index in [1.807, 2.05) is 0 Å². The van der Waals surface area contributed by atoms with E-state index in [4.69, 9.17) is 27.9 Å². The van der Waals surface area contributed by atoms with Crippen LogP contribution in [0.5, 0.6) is 0 Å². The zero-order chi connectivity index (χ0) is 30.0. The number of unbranched alkanes of at least 4 members (excludes halogenated alkanes) is 2. The Morgan fingerprint density at radius 2 is 1.63 bits per heavy atom. The number of hydrogen-bond donors (Lipinski definition) is 2. The van der Waals surface area contributed by atoms with Gasteiger partial charge < -0.3 is 20.1 Å². The molecule has 222 valence electrons. The topological polar surface area (TPSA) is 113 Å². The molecular formula is C31H38Cl2N2O6. The first-order valence-electron chi connectivity index (χ1n) is 14.0. The number of rotatable bonds is 14. The van der Waals surface area contributed by atoms with Crippen molar-refractivity contribution in [3.05, 3.63) is 63.6 Å². The summed E-state index contributed by atoms with van der Waals surface area (Å²) in [6, 6.07) is 11.8. The van der Waals surface area contributed by atoms with Gasteiger partial charge in [-0.2, -0.15) is 0 Å². The number of nitrogens with zero attached hydrogens (tertiary/aromatic N) is 1. The van der Waals surface area contributed by atoms with Crippen LogP contribution in [-0.4, -0.2) is 49.6 Å². The smallest absolute Gasteiger partial charge is 0.312 e. The van der Waals surface area contributed by atoms with Crippen LogP contribution < -0.4 is 10.2 Å². The van der Waals surface area contributed by atoms with Crippen LogP contribution in [0.2, 0.25) is 10.0 Å². The van der Waals surface area contributed by atoms with E-state index in [0.29, 0.717) is 18.5 Å². The number of carboxylic acid groups (broad SMARTS) is 1. The van der Waals surface area contributed by atoms with Crippen molar-refractivity contribution in [1.82, 2.24) is 5.32 Å². The Morgan fingerprint density at radius 3 is 2.22 bits per heavy atom. The van der Waals surface area contributed by atoms with E-state index in [0.717, 1.165) is 50.5 Å². The Hall–Kier alpha value is -3.10. The fraction of sp³-hybridized carbons (Fsp3) is 0.484. The van der Waals surface area contributed by atoms with E-state index in [1.54, 1.807) is 56.6 Å². The zero-order valence-electron chi connectivity index (χ0n) is 23.6. The first kappa shape index (κ1) is 32.4. The van der Waals surface area contributed by atoms with Crippen LogP contribution in [0.25, 0.3) is 0 Å².